The molecule has 3 nitrogen and oxygen atoms in total. The molecule has 1 N–H and O–H groups in total. The van der Waals surface area contributed by atoms with Crippen LogP contribution < -0.4 is 4.74 Å². The van der Waals surface area contributed by atoms with Crippen LogP contribution in [0.25, 0.3) is 11.3 Å². The lowest BCUT2D eigenvalue weighted by Gasteiger charge is -2.03. The molecule has 96 valence electrons. The molecule has 0 aliphatic rings. The molecule has 1 aromatic carbocycles. The molecule has 0 amide bonds. The zero-order valence-electron chi connectivity index (χ0n) is 10.7. The molecule has 0 fully saturated rings. The summed E-state index contributed by atoms with van der Waals surface area (Å²) in [5.74, 6) is 2.40. The Labute approximate surface area is 112 Å². The van der Waals surface area contributed by atoms with E-state index in [0.717, 1.165) is 34.9 Å². The predicted octanol–water partition coefficient (Wildman–Crippen LogP) is 3.57. The molecular weight excluding hydrogens is 248 g/mol. The maximum absolute atomic E-state index is 5.72. The van der Waals surface area contributed by atoms with Crippen LogP contribution in [0.3, 0.4) is 0 Å². The molecular formula is C14H17ClN2O. The fourth-order valence-corrected chi connectivity index (χ4v) is 2.07. The average Bonchev–Trinajstić information content (AvgIpc) is 2.72. The Kier molecular flexibility index (Phi) is 4.26. The number of aromatic nitrogens is 2. The Morgan fingerprint density at radius 2 is 2.00 bits per heavy atom. The van der Waals surface area contributed by atoms with Crippen LogP contribution in [0.4, 0.5) is 0 Å². The van der Waals surface area contributed by atoms with Gasteiger partial charge in [0.1, 0.15) is 11.6 Å². The van der Waals surface area contributed by atoms with Gasteiger partial charge < -0.3 is 9.72 Å². The molecule has 2 aromatic rings. The Bertz CT molecular complexity index is 505. The summed E-state index contributed by atoms with van der Waals surface area (Å²) in [7, 11) is 0. The molecule has 0 saturated heterocycles. The van der Waals surface area contributed by atoms with Gasteiger partial charge >= 0.3 is 0 Å². The first-order chi connectivity index (χ1) is 8.74. The Morgan fingerprint density at radius 3 is 2.61 bits per heavy atom. The maximum atomic E-state index is 5.72. The highest BCUT2D eigenvalue weighted by Gasteiger charge is 2.08. The van der Waals surface area contributed by atoms with Crippen molar-refractivity contribution in [1.29, 1.82) is 0 Å². The number of halogens is 1. The highest BCUT2D eigenvalue weighted by atomic mass is 35.5. The van der Waals surface area contributed by atoms with Gasteiger partial charge in [0.2, 0.25) is 0 Å². The first kappa shape index (κ1) is 13.0. The van der Waals surface area contributed by atoms with Gasteiger partial charge in [0.05, 0.1) is 12.3 Å². The molecule has 4 heteroatoms. The van der Waals surface area contributed by atoms with Crippen molar-refractivity contribution < 1.29 is 4.74 Å². The Morgan fingerprint density at radius 1 is 1.28 bits per heavy atom. The molecule has 1 aromatic heterocycles. The second-order valence-corrected chi connectivity index (χ2v) is 4.43. The van der Waals surface area contributed by atoms with Gasteiger partial charge in [0.15, 0.2) is 0 Å². The van der Waals surface area contributed by atoms with Gasteiger partial charge in [-0.2, -0.15) is 0 Å². The highest BCUT2D eigenvalue weighted by molar-refractivity contribution is 6.17. The molecule has 1 heterocycles. The van der Waals surface area contributed by atoms with Crippen molar-refractivity contribution in [3.8, 4) is 17.0 Å². The number of H-pyrrole nitrogens is 1. The molecule has 18 heavy (non-hydrogen) atoms. The number of rotatable bonds is 5. The smallest absolute Gasteiger partial charge is 0.119 e. The van der Waals surface area contributed by atoms with Crippen molar-refractivity contribution >= 4 is 11.6 Å². The van der Waals surface area contributed by atoms with Crippen LogP contribution in [0.1, 0.15) is 18.4 Å². The van der Waals surface area contributed by atoms with Gasteiger partial charge in [-0.15, -0.1) is 11.6 Å². The Hall–Kier alpha value is -1.48. The zero-order chi connectivity index (χ0) is 13.0. The van der Waals surface area contributed by atoms with E-state index in [1.165, 1.54) is 0 Å². The third kappa shape index (κ3) is 2.85. The molecule has 0 spiro atoms. The quantitative estimate of drug-likeness (QED) is 0.839. The monoisotopic (exact) mass is 264 g/mol. The van der Waals surface area contributed by atoms with Crippen LogP contribution in [0.2, 0.25) is 0 Å². The SMILES string of the molecule is CCOc1ccc(-c2nc(CCCl)[nH]c2C)cc1. The summed E-state index contributed by atoms with van der Waals surface area (Å²) in [4.78, 5) is 7.82. The lowest BCUT2D eigenvalue weighted by atomic mass is 10.1. The number of alkyl halides is 1. The number of benzene rings is 1. The van der Waals surface area contributed by atoms with E-state index in [2.05, 4.69) is 9.97 Å². The number of hydrogen-bond donors (Lipinski definition) is 1. The van der Waals surface area contributed by atoms with Gasteiger partial charge in [-0.1, -0.05) is 0 Å². The minimum absolute atomic E-state index is 0.579. The summed E-state index contributed by atoms with van der Waals surface area (Å²) in [5, 5.41) is 0. The third-order valence-corrected chi connectivity index (χ3v) is 2.89. The van der Waals surface area contributed by atoms with Crippen molar-refractivity contribution in [2.24, 2.45) is 0 Å². The van der Waals surface area contributed by atoms with Crippen molar-refractivity contribution in [1.82, 2.24) is 9.97 Å². The van der Waals surface area contributed by atoms with Gasteiger partial charge in [-0.05, 0) is 38.1 Å². The number of nitrogens with one attached hydrogen (secondary N) is 1. The lowest BCUT2D eigenvalue weighted by Crippen LogP contribution is -1.91. The van der Waals surface area contributed by atoms with E-state index in [-0.39, 0.29) is 0 Å². The number of aryl methyl sites for hydroxylation is 2. The van der Waals surface area contributed by atoms with E-state index < -0.39 is 0 Å². The van der Waals surface area contributed by atoms with Gasteiger partial charge in [-0.3, -0.25) is 0 Å². The third-order valence-electron chi connectivity index (χ3n) is 2.70. The van der Waals surface area contributed by atoms with E-state index in [4.69, 9.17) is 16.3 Å². The molecule has 0 aliphatic carbocycles. The summed E-state index contributed by atoms with van der Waals surface area (Å²) < 4.78 is 5.43. The predicted molar refractivity (Wildman–Crippen MR) is 74.4 cm³/mol. The van der Waals surface area contributed by atoms with Crippen LogP contribution in [0.15, 0.2) is 24.3 Å². The first-order valence-electron chi connectivity index (χ1n) is 6.09. The van der Waals surface area contributed by atoms with Crippen molar-refractivity contribution in [3.05, 3.63) is 35.8 Å². The number of imidazole rings is 1. The summed E-state index contributed by atoms with van der Waals surface area (Å²) in [6, 6.07) is 7.99. The summed E-state index contributed by atoms with van der Waals surface area (Å²) >= 11 is 5.72. The van der Waals surface area contributed by atoms with Gasteiger partial charge in [0.25, 0.3) is 0 Å². The van der Waals surface area contributed by atoms with Gasteiger partial charge in [-0.25, -0.2) is 4.98 Å². The maximum Gasteiger partial charge on any atom is 0.119 e. The fraction of sp³-hybridized carbons (Fsp3) is 0.357. The fourth-order valence-electron chi connectivity index (χ4n) is 1.89. The molecule has 0 atom stereocenters. The standard InChI is InChI=1S/C14H17ClN2O/c1-3-18-12-6-4-11(5-7-12)14-10(2)16-13(17-14)8-9-15/h4-7H,3,8-9H2,1-2H3,(H,16,17). The average molecular weight is 265 g/mol. The van der Waals surface area contributed by atoms with Crippen LogP contribution in [0.5, 0.6) is 5.75 Å². The molecule has 0 radical (unpaired) electrons. The van der Waals surface area contributed by atoms with Crippen molar-refractivity contribution in [3.63, 3.8) is 0 Å². The molecule has 0 saturated carbocycles. The number of hydrogen-bond acceptors (Lipinski definition) is 2. The zero-order valence-corrected chi connectivity index (χ0v) is 11.4. The van der Waals surface area contributed by atoms with Crippen molar-refractivity contribution in [2.45, 2.75) is 20.3 Å². The number of ether oxygens (including phenoxy) is 1. The Balaban J connectivity index is 2.24. The molecule has 2 rings (SSSR count). The van der Waals surface area contributed by atoms with E-state index in [1.54, 1.807) is 0 Å². The molecule has 0 unspecified atom stereocenters. The number of nitrogens with zero attached hydrogens (tertiary/aromatic N) is 1. The highest BCUT2D eigenvalue weighted by Crippen LogP contribution is 2.24. The van der Waals surface area contributed by atoms with Crippen LogP contribution in [0, 0.1) is 6.92 Å². The largest absolute Gasteiger partial charge is 0.494 e. The molecule has 0 bridgehead atoms. The summed E-state index contributed by atoms with van der Waals surface area (Å²) in [6.07, 6.45) is 0.763. The van der Waals surface area contributed by atoms with Crippen LogP contribution in [-0.2, 0) is 6.42 Å². The summed E-state index contributed by atoms with van der Waals surface area (Å²) in [5.41, 5.74) is 3.14. The summed E-state index contributed by atoms with van der Waals surface area (Å²) in [6.45, 7) is 4.68. The normalized spacial score (nSPS) is 10.6. The molecule has 0 aliphatic heterocycles. The van der Waals surface area contributed by atoms with E-state index in [9.17, 15) is 0 Å². The number of aromatic amines is 1. The first-order valence-corrected chi connectivity index (χ1v) is 6.62. The van der Waals surface area contributed by atoms with E-state index in [1.807, 2.05) is 38.1 Å². The minimum atomic E-state index is 0.579. The van der Waals surface area contributed by atoms with E-state index in [0.29, 0.717) is 12.5 Å². The second kappa shape index (κ2) is 5.91. The van der Waals surface area contributed by atoms with Crippen LogP contribution >= 0.6 is 11.6 Å². The lowest BCUT2D eigenvalue weighted by molar-refractivity contribution is 0.340. The van der Waals surface area contributed by atoms with Crippen LogP contribution in [-0.4, -0.2) is 22.5 Å². The second-order valence-electron chi connectivity index (χ2n) is 4.05. The minimum Gasteiger partial charge on any atom is -0.494 e. The van der Waals surface area contributed by atoms with Crippen molar-refractivity contribution in [2.75, 3.05) is 12.5 Å². The van der Waals surface area contributed by atoms with Gasteiger partial charge in [0, 0.05) is 23.6 Å². The van der Waals surface area contributed by atoms with E-state index >= 15 is 0 Å². The topological polar surface area (TPSA) is 37.9 Å².